The molecule has 0 bridgehead atoms. The molecular formula is C11H16N4O. The van der Waals surface area contributed by atoms with Crippen LogP contribution >= 0.6 is 0 Å². The minimum atomic E-state index is 0.0452. The fraction of sp³-hybridized carbons (Fsp3) is 0.455. The van der Waals surface area contributed by atoms with Crippen LogP contribution in [0.15, 0.2) is 12.1 Å². The summed E-state index contributed by atoms with van der Waals surface area (Å²) in [4.78, 5) is 17.7. The summed E-state index contributed by atoms with van der Waals surface area (Å²) < 4.78 is 0. The first-order valence-electron chi connectivity index (χ1n) is 5.38. The molecule has 5 heteroatoms. The lowest BCUT2D eigenvalue weighted by Crippen LogP contribution is -2.48. The molecule has 1 fully saturated rings. The maximum atomic E-state index is 11.3. The van der Waals surface area contributed by atoms with Crippen molar-refractivity contribution in [3.8, 4) is 0 Å². The highest BCUT2D eigenvalue weighted by Gasteiger charge is 2.17. The highest BCUT2D eigenvalue weighted by Crippen LogP contribution is 2.15. The summed E-state index contributed by atoms with van der Waals surface area (Å²) in [5.74, 6) is 0.888. The second-order valence-corrected chi connectivity index (χ2v) is 3.95. The van der Waals surface area contributed by atoms with Gasteiger partial charge in [0.15, 0.2) is 0 Å². The fourth-order valence-electron chi connectivity index (χ4n) is 1.84. The summed E-state index contributed by atoms with van der Waals surface area (Å²) in [5, 5.41) is 2.79. The molecular weight excluding hydrogens is 204 g/mol. The number of rotatable bonds is 2. The van der Waals surface area contributed by atoms with E-state index in [1.54, 1.807) is 0 Å². The van der Waals surface area contributed by atoms with Gasteiger partial charge >= 0.3 is 0 Å². The molecule has 0 aliphatic carbocycles. The average Bonchev–Trinajstić information content (AvgIpc) is 2.28. The van der Waals surface area contributed by atoms with Crippen molar-refractivity contribution in [3.63, 3.8) is 0 Å². The van der Waals surface area contributed by atoms with Gasteiger partial charge in [0.1, 0.15) is 5.82 Å². The van der Waals surface area contributed by atoms with Gasteiger partial charge < -0.3 is 16.0 Å². The summed E-state index contributed by atoms with van der Waals surface area (Å²) in [6.07, 6.45) is 0. The van der Waals surface area contributed by atoms with Crippen LogP contribution in [0, 0.1) is 6.92 Å². The second kappa shape index (κ2) is 4.49. The predicted molar refractivity (Wildman–Crippen MR) is 62.1 cm³/mol. The number of aryl methyl sites for hydroxylation is 1. The van der Waals surface area contributed by atoms with E-state index in [4.69, 9.17) is 5.73 Å². The Morgan fingerprint density at radius 1 is 1.56 bits per heavy atom. The largest absolute Gasteiger partial charge is 0.353 e. The van der Waals surface area contributed by atoms with Crippen LogP contribution in [0.1, 0.15) is 11.3 Å². The van der Waals surface area contributed by atoms with Crippen molar-refractivity contribution in [3.05, 3.63) is 23.4 Å². The number of hydrogen-bond donors (Lipinski definition) is 2. The molecule has 5 nitrogen and oxygen atoms in total. The van der Waals surface area contributed by atoms with Crippen LogP contribution in [-0.2, 0) is 11.3 Å². The summed E-state index contributed by atoms with van der Waals surface area (Å²) >= 11 is 0. The van der Waals surface area contributed by atoms with E-state index in [9.17, 15) is 4.79 Å². The Balaban J connectivity index is 2.24. The van der Waals surface area contributed by atoms with Crippen molar-refractivity contribution in [1.29, 1.82) is 0 Å². The third kappa shape index (κ3) is 2.30. The Morgan fingerprint density at radius 3 is 3.06 bits per heavy atom. The van der Waals surface area contributed by atoms with Crippen molar-refractivity contribution in [1.82, 2.24) is 10.3 Å². The highest BCUT2D eigenvalue weighted by molar-refractivity contribution is 5.82. The van der Waals surface area contributed by atoms with Gasteiger partial charge in [-0.15, -0.1) is 0 Å². The Bertz CT molecular complexity index is 405. The van der Waals surface area contributed by atoms with Gasteiger partial charge in [-0.2, -0.15) is 0 Å². The number of carbonyl (C=O) groups is 1. The summed E-state index contributed by atoms with van der Waals surface area (Å²) in [5.41, 5.74) is 7.60. The van der Waals surface area contributed by atoms with E-state index < -0.39 is 0 Å². The number of carbonyl (C=O) groups excluding carboxylic acids is 1. The minimum Gasteiger partial charge on any atom is -0.353 e. The SMILES string of the molecule is Cc1cc(CN)cc(N2CCNC(=O)C2)n1. The van der Waals surface area contributed by atoms with E-state index in [1.807, 2.05) is 24.0 Å². The van der Waals surface area contributed by atoms with Gasteiger partial charge in [-0.05, 0) is 24.6 Å². The average molecular weight is 220 g/mol. The summed E-state index contributed by atoms with van der Waals surface area (Å²) in [7, 11) is 0. The van der Waals surface area contributed by atoms with Crippen LogP contribution in [0.5, 0.6) is 0 Å². The summed E-state index contributed by atoms with van der Waals surface area (Å²) in [6.45, 7) is 4.28. The zero-order chi connectivity index (χ0) is 11.5. The lowest BCUT2D eigenvalue weighted by atomic mass is 10.2. The molecule has 1 aromatic heterocycles. The van der Waals surface area contributed by atoms with Crippen LogP contribution in [0.4, 0.5) is 5.82 Å². The summed E-state index contributed by atoms with van der Waals surface area (Å²) in [6, 6.07) is 3.92. The molecule has 1 saturated heterocycles. The van der Waals surface area contributed by atoms with Crippen LogP contribution < -0.4 is 16.0 Å². The highest BCUT2D eigenvalue weighted by atomic mass is 16.2. The minimum absolute atomic E-state index is 0.0452. The zero-order valence-corrected chi connectivity index (χ0v) is 9.36. The van der Waals surface area contributed by atoms with Crippen LogP contribution in [-0.4, -0.2) is 30.5 Å². The van der Waals surface area contributed by atoms with Crippen molar-refractivity contribution in [2.24, 2.45) is 5.73 Å². The number of nitrogens with one attached hydrogen (secondary N) is 1. The lowest BCUT2D eigenvalue weighted by Gasteiger charge is -2.28. The van der Waals surface area contributed by atoms with E-state index >= 15 is 0 Å². The van der Waals surface area contributed by atoms with Gasteiger partial charge in [-0.3, -0.25) is 4.79 Å². The van der Waals surface area contributed by atoms with Crippen molar-refractivity contribution in [2.75, 3.05) is 24.5 Å². The molecule has 1 aliphatic rings. The quantitative estimate of drug-likeness (QED) is 0.723. The number of amides is 1. The van der Waals surface area contributed by atoms with Gasteiger partial charge in [0.2, 0.25) is 5.91 Å². The maximum Gasteiger partial charge on any atom is 0.239 e. The Kier molecular flexibility index (Phi) is 3.05. The maximum absolute atomic E-state index is 11.3. The molecule has 1 aliphatic heterocycles. The topological polar surface area (TPSA) is 71.2 Å². The van der Waals surface area contributed by atoms with E-state index in [2.05, 4.69) is 10.3 Å². The number of nitrogens with two attached hydrogens (primary N) is 1. The van der Waals surface area contributed by atoms with Crippen LogP contribution in [0.3, 0.4) is 0 Å². The number of piperazine rings is 1. The second-order valence-electron chi connectivity index (χ2n) is 3.95. The lowest BCUT2D eigenvalue weighted by molar-refractivity contribution is -0.120. The molecule has 1 amide bonds. The molecule has 2 rings (SSSR count). The molecule has 0 radical (unpaired) electrons. The third-order valence-electron chi connectivity index (χ3n) is 2.60. The first kappa shape index (κ1) is 10.9. The van der Waals surface area contributed by atoms with Gasteiger partial charge in [0.25, 0.3) is 0 Å². The predicted octanol–water partition coefficient (Wildman–Crippen LogP) is -0.215. The molecule has 86 valence electrons. The van der Waals surface area contributed by atoms with E-state index in [-0.39, 0.29) is 5.91 Å². The standard InChI is InChI=1S/C11H16N4O/c1-8-4-9(6-12)5-10(14-8)15-3-2-13-11(16)7-15/h4-5H,2-3,6-7,12H2,1H3,(H,13,16). The van der Waals surface area contributed by atoms with E-state index in [1.165, 1.54) is 0 Å². The van der Waals surface area contributed by atoms with Gasteiger partial charge in [0, 0.05) is 25.3 Å². The normalized spacial score (nSPS) is 16.1. The van der Waals surface area contributed by atoms with E-state index in [0.29, 0.717) is 19.6 Å². The van der Waals surface area contributed by atoms with E-state index in [0.717, 1.165) is 23.6 Å². The first-order chi connectivity index (χ1) is 7.69. The van der Waals surface area contributed by atoms with Crippen molar-refractivity contribution >= 4 is 11.7 Å². The molecule has 0 spiro atoms. The first-order valence-corrected chi connectivity index (χ1v) is 5.38. The number of nitrogens with zero attached hydrogens (tertiary/aromatic N) is 2. The Labute approximate surface area is 94.6 Å². The monoisotopic (exact) mass is 220 g/mol. The van der Waals surface area contributed by atoms with Crippen molar-refractivity contribution < 1.29 is 4.79 Å². The fourth-order valence-corrected chi connectivity index (χ4v) is 1.84. The number of hydrogen-bond acceptors (Lipinski definition) is 4. The van der Waals surface area contributed by atoms with Gasteiger partial charge in [0.05, 0.1) is 6.54 Å². The molecule has 2 heterocycles. The smallest absolute Gasteiger partial charge is 0.239 e. The molecule has 0 unspecified atom stereocenters. The molecule has 0 aromatic carbocycles. The van der Waals surface area contributed by atoms with Crippen LogP contribution in [0.25, 0.3) is 0 Å². The molecule has 16 heavy (non-hydrogen) atoms. The Hall–Kier alpha value is -1.62. The zero-order valence-electron chi connectivity index (χ0n) is 9.36. The Morgan fingerprint density at radius 2 is 2.38 bits per heavy atom. The molecule has 3 N–H and O–H groups in total. The molecule has 1 aromatic rings. The third-order valence-corrected chi connectivity index (χ3v) is 2.60. The van der Waals surface area contributed by atoms with Crippen molar-refractivity contribution in [2.45, 2.75) is 13.5 Å². The number of aromatic nitrogens is 1. The number of anilines is 1. The van der Waals surface area contributed by atoms with Gasteiger partial charge in [-0.25, -0.2) is 4.98 Å². The van der Waals surface area contributed by atoms with Gasteiger partial charge in [-0.1, -0.05) is 0 Å². The number of pyridine rings is 1. The molecule has 0 saturated carbocycles. The van der Waals surface area contributed by atoms with Crippen LogP contribution in [0.2, 0.25) is 0 Å². The molecule has 0 atom stereocenters.